The van der Waals surface area contributed by atoms with Gasteiger partial charge in [0.1, 0.15) is 0 Å². The fraction of sp³-hybridized carbons (Fsp3) is 0.909. The lowest BCUT2D eigenvalue weighted by Crippen LogP contribution is -2.47. The number of ether oxygens (including phenoxy) is 1. The number of methoxy groups -OCH3 is 1. The van der Waals surface area contributed by atoms with Gasteiger partial charge in [0, 0.05) is 32.7 Å². The normalized spacial score (nSPS) is 23.3. The van der Waals surface area contributed by atoms with Crippen LogP contribution < -0.4 is 5.73 Å². The summed E-state index contributed by atoms with van der Waals surface area (Å²) in [5, 5.41) is 0. The van der Waals surface area contributed by atoms with Gasteiger partial charge in [-0.15, -0.1) is 0 Å². The summed E-state index contributed by atoms with van der Waals surface area (Å²) in [6, 6.07) is 0.147. The average molecular weight is 214 g/mol. The molecule has 1 saturated heterocycles. The van der Waals surface area contributed by atoms with E-state index in [1.165, 1.54) is 0 Å². The van der Waals surface area contributed by atoms with Gasteiger partial charge in [0.25, 0.3) is 0 Å². The van der Waals surface area contributed by atoms with Crippen molar-refractivity contribution < 1.29 is 9.53 Å². The predicted molar refractivity (Wildman–Crippen MR) is 59.5 cm³/mol. The molecule has 0 spiro atoms. The predicted octanol–water partition coefficient (Wildman–Crippen LogP) is 0.751. The highest BCUT2D eigenvalue weighted by Crippen LogP contribution is 2.16. The second kappa shape index (κ2) is 4.94. The fourth-order valence-corrected chi connectivity index (χ4v) is 1.67. The first-order valence-corrected chi connectivity index (χ1v) is 5.53. The standard InChI is InChI=1S/C11H22N2O2/c1-11(2,15-3)6-7-13-8-9(12)4-5-10(13)14/h9H,4-8,12H2,1-3H3. The molecule has 0 aromatic heterocycles. The minimum absolute atomic E-state index is 0.147. The molecule has 0 radical (unpaired) electrons. The molecule has 0 bridgehead atoms. The van der Waals surface area contributed by atoms with Crippen molar-refractivity contribution in [1.29, 1.82) is 0 Å². The molecular formula is C11H22N2O2. The third-order valence-electron chi connectivity index (χ3n) is 3.07. The van der Waals surface area contributed by atoms with Crippen molar-refractivity contribution in [2.45, 2.75) is 44.8 Å². The number of rotatable bonds is 4. The van der Waals surface area contributed by atoms with E-state index in [1.54, 1.807) is 7.11 Å². The van der Waals surface area contributed by atoms with Crippen LogP contribution in [0.3, 0.4) is 0 Å². The molecule has 1 aliphatic heterocycles. The van der Waals surface area contributed by atoms with E-state index >= 15 is 0 Å². The third-order valence-corrected chi connectivity index (χ3v) is 3.07. The lowest BCUT2D eigenvalue weighted by molar-refractivity contribution is -0.134. The van der Waals surface area contributed by atoms with Crippen molar-refractivity contribution in [3.05, 3.63) is 0 Å². The van der Waals surface area contributed by atoms with Gasteiger partial charge in [-0.05, 0) is 26.7 Å². The van der Waals surface area contributed by atoms with E-state index in [2.05, 4.69) is 0 Å². The largest absolute Gasteiger partial charge is 0.379 e. The minimum Gasteiger partial charge on any atom is -0.379 e. The maximum Gasteiger partial charge on any atom is 0.222 e. The number of carbonyl (C=O) groups is 1. The summed E-state index contributed by atoms with van der Waals surface area (Å²) in [6.07, 6.45) is 2.26. The van der Waals surface area contributed by atoms with Crippen molar-refractivity contribution in [3.63, 3.8) is 0 Å². The molecule has 1 fully saturated rings. The second-order valence-corrected chi connectivity index (χ2v) is 4.85. The Morgan fingerprint density at radius 2 is 2.27 bits per heavy atom. The van der Waals surface area contributed by atoms with Gasteiger partial charge in [-0.25, -0.2) is 0 Å². The Bertz CT molecular complexity index is 229. The molecule has 0 saturated carbocycles. The Balaban J connectivity index is 2.40. The number of nitrogens with zero attached hydrogens (tertiary/aromatic N) is 1. The number of amides is 1. The van der Waals surface area contributed by atoms with Crippen LogP contribution in [0.15, 0.2) is 0 Å². The Morgan fingerprint density at radius 3 is 2.87 bits per heavy atom. The van der Waals surface area contributed by atoms with Gasteiger partial charge in [0.2, 0.25) is 5.91 Å². The average Bonchev–Trinajstić information content (AvgIpc) is 2.20. The summed E-state index contributed by atoms with van der Waals surface area (Å²) in [4.78, 5) is 13.4. The van der Waals surface area contributed by atoms with E-state index in [1.807, 2.05) is 18.7 Å². The lowest BCUT2D eigenvalue weighted by Gasteiger charge is -2.33. The topological polar surface area (TPSA) is 55.6 Å². The van der Waals surface area contributed by atoms with Crippen molar-refractivity contribution in [2.75, 3.05) is 20.2 Å². The number of hydrogen-bond donors (Lipinski definition) is 1. The molecule has 4 heteroatoms. The zero-order valence-electron chi connectivity index (χ0n) is 9.95. The first kappa shape index (κ1) is 12.5. The molecule has 1 unspecified atom stereocenters. The van der Waals surface area contributed by atoms with Crippen LogP contribution in [0.1, 0.15) is 33.1 Å². The van der Waals surface area contributed by atoms with Crippen LogP contribution in [0.4, 0.5) is 0 Å². The summed E-state index contributed by atoms with van der Waals surface area (Å²) in [5.41, 5.74) is 5.67. The highest BCUT2D eigenvalue weighted by atomic mass is 16.5. The zero-order chi connectivity index (χ0) is 11.5. The van der Waals surface area contributed by atoms with E-state index in [0.717, 1.165) is 19.4 Å². The summed E-state index contributed by atoms with van der Waals surface area (Å²) < 4.78 is 5.32. The molecule has 1 heterocycles. The first-order valence-electron chi connectivity index (χ1n) is 5.53. The summed E-state index contributed by atoms with van der Waals surface area (Å²) in [6.45, 7) is 5.49. The van der Waals surface area contributed by atoms with Gasteiger partial charge < -0.3 is 15.4 Å². The van der Waals surface area contributed by atoms with Crippen LogP contribution in [0.2, 0.25) is 0 Å². The molecule has 4 nitrogen and oxygen atoms in total. The van der Waals surface area contributed by atoms with Gasteiger partial charge in [-0.2, -0.15) is 0 Å². The molecule has 1 aliphatic rings. The van der Waals surface area contributed by atoms with Crippen molar-refractivity contribution >= 4 is 5.91 Å². The van der Waals surface area contributed by atoms with Crippen LogP contribution in [0.25, 0.3) is 0 Å². The van der Waals surface area contributed by atoms with Crippen LogP contribution in [-0.4, -0.2) is 42.6 Å². The van der Waals surface area contributed by atoms with Gasteiger partial charge in [-0.1, -0.05) is 0 Å². The molecule has 0 aromatic rings. The summed E-state index contributed by atoms with van der Waals surface area (Å²) >= 11 is 0. The molecule has 1 atom stereocenters. The molecule has 2 N–H and O–H groups in total. The summed E-state index contributed by atoms with van der Waals surface area (Å²) in [5.74, 6) is 0.226. The Hall–Kier alpha value is -0.610. The molecule has 0 aromatic carbocycles. The van der Waals surface area contributed by atoms with E-state index in [9.17, 15) is 4.79 Å². The van der Waals surface area contributed by atoms with Gasteiger partial charge in [0.05, 0.1) is 5.60 Å². The SMILES string of the molecule is COC(C)(C)CCN1CC(N)CCC1=O. The van der Waals surface area contributed by atoms with Crippen LogP contribution in [0.5, 0.6) is 0 Å². The number of carbonyl (C=O) groups excluding carboxylic acids is 1. The van der Waals surface area contributed by atoms with E-state index in [-0.39, 0.29) is 17.6 Å². The van der Waals surface area contributed by atoms with E-state index in [0.29, 0.717) is 13.0 Å². The number of hydrogen-bond acceptors (Lipinski definition) is 3. The third kappa shape index (κ3) is 3.80. The highest BCUT2D eigenvalue weighted by Gasteiger charge is 2.25. The molecular weight excluding hydrogens is 192 g/mol. The fourth-order valence-electron chi connectivity index (χ4n) is 1.67. The van der Waals surface area contributed by atoms with Crippen molar-refractivity contribution in [2.24, 2.45) is 5.73 Å². The smallest absolute Gasteiger partial charge is 0.222 e. The maximum absolute atomic E-state index is 11.6. The van der Waals surface area contributed by atoms with Crippen molar-refractivity contribution in [3.8, 4) is 0 Å². The summed E-state index contributed by atoms with van der Waals surface area (Å²) in [7, 11) is 1.70. The van der Waals surface area contributed by atoms with Gasteiger partial charge in [-0.3, -0.25) is 4.79 Å². The van der Waals surface area contributed by atoms with E-state index < -0.39 is 0 Å². The zero-order valence-corrected chi connectivity index (χ0v) is 9.95. The van der Waals surface area contributed by atoms with E-state index in [4.69, 9.17) is 10.5 Å². The molecule has 0 aliphatic carbocycles. The van der Waals surface area contributed by atoms with Gasteiger partial charge >= 0.3 is 0 Å². The quantitative estimate of drug-likeness (QED) is 0.751. The Labute approximate surface area is 91.8 Å². The minimum atomic E-state index is -0.165. The molecule has 1 amide bonds. The molecule has 88 valence electrons. The number of nitrogens with two attached hydrogens (primary N) is 1. The number of piperidine rings is 1. The van der Waals surface area contributed by atoms with Crippen LogP contribution in [0, 0.1) is 0 Å². The number of likely N-dealkylation sites (tertiary alicyclic amines) is 1. The van der Waals surface area contributed by atoms with Crippen LogP contribution in [-0.2, 0) is 9.53 Å². The van der Waals surface area contributed by atoms with Gasteiger partial charge in [0.15, 0.2) is 0 Å². The lowest BCUT2D eigenvalue weighted by atomic mass is 10.0. The molecule has 15 heavy (non-hydrogen) atoms. The Morgan fingerprint density at radius 1 is 1.60 bits per heavy atom. The Kier molecular flexibility index (Phi) is 4.11. The molecule has 1 rings (SSSR count). The highest BCUT2D eigenvalue weighted by molar-refractivity contribution is 5.77. The monoisotopic (exact) mass is 214 g/mol. The maximum atomic E-state index is 11.6. The van der Waals surface area contributed by atoms with Crippen molar-refractivity contribution in [1.82, 2.24) is 4.90 Å². The second-order valence-electron chi connectivity index (χ2n) is 4.85. The van der Waals surface area contributed by atoms with Crippen LogP contribution >= 0.6 is 0 Å². The first-order chi connectivity index (χ1) is 6.94.